The van der Waals surface area contributed by atoms with Crippen LogP contribution in [0.4, 0.5) is 0 Å². The van der Waals surface area contributed by atoms with Gasteiger partial charge in [0.25, 0.3) is 0 Å². The largest absolute Gasteiger partial charge is 0.289 e. The van der Waals surface area contributed by atoms with Crippen LogP contribution in [0.15, 0.2) is 48.6 Å². The van der Waals surface area contributed by atoms with Gasteiger partial charge in [0.2, 0.25) is 0 Å². The molecule has 1 heteroatoms. The van der Waals surface area contributed by atoms with Crippen LogP contribution >= 0.6 is 0 Å². The van der Waals surface area contributed by atoms with Crippen molar-refractivity contribution in [3.8, 4) is 0 Å². The Kier molecular flexibility index (Phi) is 4.70. The van der Waals surface area contributed by atoms with Crippen molar-refractivity contribution in [2.75, 3.05) is 0 Å². The number of hydrogen-bond acceptors (Lipinski definition) is 1. The fourth-order valence-corrected chi connectivity index (χ4v) is 0.783. The fraction of sp³-hybridized carbons (Fsp3) is 0.182. The van der Waals surface area contributed by atoms with Gasteiger partial charge >= 0.3 is 0 Å². The molecule has 0 bridgehead atoms. The number of ketones is 1. The van der Waals surface area contributed by atoms with Gasteiger partial charge in [0.1, 0.15) is 0 Å². The molecule has 0 aliphatic heterocycles. The summed E-state index contributed by atoms with van der Waals surface area (Å²) in [6, 6.07) is 0. The van der Waals surface area contributed by atoms with Crippen molar-refractivity contribution in [2.45, 2.75) is 13.8 Å². The van der Waals surface area contributed by atoms with Gasteiger partial charge in [-0.25, -0.2) is 0 Å². The number of hydrogen-bond donors (Lipinski definition) is 0. The lowest BCUT2D eigenvalue weighted by atomic mass is 10.1. The zero-order chi connectivity index (χ0) is 9.56. The fourth-order valence-electron chi connectivity index (χ4n) is 0.783. The van der Waals surface area contributed by atoms with Gasteiger partial charge in [0.15, 0.2) is 5.78 Å². The molecule has 0 atom stereocenters. The van der Waals surface area contributed by atoms with Gasteiger partial charge in [-0.1, -0.05) is 37.5 Å². The Balaban J connectivity index is 4.50. The summed E-state index contributed by atoms with van der Waals surface area (Å²) >= 11 is 0. The molecule has 1 nitrogen and oxygen atoms in total. The summed E-state index contributed by atoms with van der Waals surface area (Å²) in [6.07, 6.45) is 6.76. The second-order valence-corrected chi connectivity index (χ2v) is 2.44. The van der Waals surface area contributed by atoms with Gasteiger partial charge in [-0.05, 0) is 19.4 Å². The van der Waals surface area contributed by atoms with Gasteiger partial charge in [0.05, 0.1) is 0 Å². The first-order chi connectivity index (χ1) is 5.63. The standard InChI is InChI=1S/C11H14O/c1-5-7-9(3)11(12)10(4)8-6-2/h5-8H,1,4H2,2-3H3/b8-6-,9-7+. The summed E-state index contributed by atoms with van der Waals surface area (Å²) in [4.78, 5) is 11.4. The molecule has 0 aromatic heterocycles. The van der Waals surface area contributed by atoms with Crippen LogP contribution in [0.3, 0.4) is 0 Å². The Morgan fingerprint density at radius 3 is 2.42 bits per heavy atom. The quantitative estimate of drug-likeness (QED) is 0.459. The predicted octanol–water partition coefficient (Wildman–Crippen LogP) is 2.82. The van der Waals surface area contributed by atoms with Crippen LogP contribution in [-0.4, -0.2) is 5.78 Å². The average Bonchev–Trinajstić information content (AvgIpc) is 2.04. The van der Waals surface area contributed by atoms with Crippen LogP contribution in [0.5, 0.6) is 0 Å². The molecule has 12 heavy (non-hydrogen) atoms. The van der Waals surface area contributed by atoms with Crippen molar-refractivity contribution in [1.82, 2.24) is 0 Å². The minimum Gasteiger partial charge on any atom is -0.289 e. The molecule has 0 aliphatic carbocycles. The van der Waals surface area contributed by atoms with E-state index < -0.39 is 0 Å². The van der Waals surface area contributed by atoms with Crippen molar-refractivity contribution in [3.63, 3.8) is 0 Å². The lowest BCUT2D eigenvalue weighted by Crippen LogP contribution is -2.00. The maximum Gasteiger partial charge on any atom is 0.188 e. The third-order valence-electron chi connectivity index (χ3n) is 1.39. The maximum atomic E-state index is 11.4. The lowest BCUT2D eigenvalue weighted by Gasteiger charge is -1.97. The molecule has 0 saturated carbocycles. The van der Waals surface area contributed by atoms with Crippen molar-refractivity contribution in [2.24, 2.45) is 0 Å². The summed E-state index contributed by atoms with van der Waals surface area (Å²) in [7, 11) is 0. The summed E-state index contributed by atoms with van der Waals surface area (Å²) in [5.74, 6) is -0.0343. The molecular formula is C11H14O. The number of carbonyl (C=O) groups excluding carboxylic acids is 1. The van der Waals surface area contributed by atoms with Gasteiger partial charge in [0, 0.05) is 5.57 Å². The van der Waals surface area contributed by atoms with Crippen molar-refractivity contribution < 1.29 is 4.79 Å². The molecule has 0 fully saturated rings. The Labute approximate surface area is 73.8 Å². The molecule has 0 aliphatic rings. The van der Waals surface area contributed by atoms with E-state index in [1.165, 1.54) is 0 Å². The van der Waals surface area contributed by atoms with E-state index in [9.17, 15) is 4.79 Å². The zero-order valence-electron chi connectivity index (χ0n) is 7.63. The normalized spacial score (nSPS) is 11.7. The number of rotatable bonds is 4. The second-order valence-electron chi connectivity index (χ2n) is 2.44. The number of allylic oxidation sites excluding steroid dienone is 6. The average molecular weight is 162 g/mol. The summed E-state index contributed by atoms with van der Waals surface area (Å²) in [6.45, 7) is 10.7. The molecule has 0 saturated heterocycles. The Morgan fingerprint density at radius 1 is 1.42 bits per heavy atom. The van der Waals surface area contributed by atoms with Gasteiger partial charge in [-0.15, -0.1) is 0 Å². The van der Waals surface area contributed by atoms with Crippen LogP contribution in [0.2, 0.25) is 0 Å². The summed E-state index contributed by atoms with van der Waals surface area (Å²) in [5, 5.41) is 0. The second kappa shape index (κ2) is 5.30. The number of carbonyl (C=O) groups is 1. The van der Waals surface area contributed by atoms with Crippen molar-refractivity contribution in [3.05, 3.63) is 48.6 Å². The Bertz CT molecular complexity index is 254. The van der Waals surface area contributed by atoms with E-state index in [1.807, 2.05) is 6.92 Å². The summed E-state index contributed by atoms with van der Waals surface area (Å²) in [5.41, 5.74) is 1.17. The molecule has 64 valence electrons. The number of Topliss-reactive ketones (excluding diaryl/α,β-unsaturated/α-hetero) is 1. The highest BCUT2D eigenvalue weighted by Gasteiger charge is 2.04. The van der Waals surface area contributed by atoms with E-state index in [4.69, 9.17) is 0 Å². The van der Waals surface area contributed by atoms with Crippen LogP contribution in [0, 0.1) is 0 Å². The molecule has 0 radical (unpaired) electrons. The predicted molar refractivity (Wildman–Crippen MR) is 52.9 cm³/mol. The highest BCUT2D eigenvalue weighted by molar-refractivity contribution is 6.09. The van der Waals surface area contributed by atoms with Gasteiger partial charge in [-0.3, -0.25) is 4.79 Å². The van der Waals surface area contributed by atoms with Gasteiger partial charge in [-0.2, -0.15) is 0 Å². The first-order valence-corrected chi connectivity index (χ1v) is 3.79. The third-order valence-corrected chi connectivity index (χ3v) is 1.39. The van der Waals surface area contributed by atoms with Crippen molar-refractivity contribution >= 4 is 5.78 Å². The lowest BCUT2D eigenvalue weighted by molar-refractivity contribution is -0.111. The SMILES string of the molecule is C=C/C=C(\C)C(=O)C(=C)/C=C\C. The Hall–Kier alpha value is -1.37. The van der Waals surface area contributed by atoms with Crippen LogP contribution < -0.4 is 0 Å². The minimum absolute atomic E-state index is 0.0343. The minimum atomic E-state index is -0.0343. The monoisotopic (exact) mass is 162 g/mol. The molecule has 0 unspecified atom stereocenters. The molecule has 0 amide bonds. The van der Waals surface area contributed by atoms with Crippen LogP contribution in [0.1, 0.15) is 13.8 Å². The van der Waals surface area contributed by atoms with E-state index in [2.05, 4.69) is 13.2 Å². The van der Waals surface area contributed by atoms with Crippen LogP contribution in [-0.2, 0) is 4.79 Å². The molecule has 0 aromatic carbocycles. The molecule has 0 aromatic rings. The molecular weight excluding hydrogens is 148 g/mol. The first-order valence-electron chi connectivity index (χ1n) is 3.79. The van der Waals surface area contributed by atoms with E-state index in [1.54, 1.807) is 31.2 Å². The maximum absolute atomic E-state index is 11.4. The smallest absolute Gasteiger partial charge is 0.188 e. The van der Waals surface area contributed by atoms with E-state index in [0.29, 0.717) is 11.1 Å². The molecule has 0 N–H and O–H groups in total. The van der Waals surface area contributed by atoms with Crippen molar-refractivity contribution in [1.29, 1.82) is 0 Å². The molecule has 0 heterocycles. The van der Waals surface area contributed by atoms with E-state index >= 15 is 0 Å². The van der Waals surface area contributed by atoms with E-state index in [-0.39, 0.29) is 5.78 Å². The Morgan fingerprint density at radius 2 is 2.00 bits per heavy atom. The molecule has 0 spiro atoms. The highest BCUT2D eigenvalue weighted by atomic mass is 16.1. The highest BCUT2D eigenvalue weighted by Crippen LogP contribution is 2.04. The van der Waals surface area contributed by atoms with Crippen LogP contribution in [0.25, 0.3) is 0 Å². The molecule has 0 rings (SSSR count). The first kappa shape index (κ1) is 10.6. The summed E-state index contributed by atoms with van der Waals surface area (Å²) < 4.78 is 0. The van der Waals surface area contributed by atoms with E-state index in [0.717, 1.165) is 0 Å². The van der Waals surface area contributed by atoms with Gasteiger partial charge < -0.3 is 0 Å². The zero-order valence-corrected chi connectivity index (χ0v) is 7.63. The topological polar surface area (TPSA) is 17.1 Å². The third kappa shape index (κ3) is 3.15.